The van der Waals surface area contributed by atoms with Gasteiger partial charge in [0.1, 0.15) is 11.6 Å². The number of rotatable bonds is 5. The molecule has 0 saturated heterocycles. The predicted octanol–water partition coefficient (Wildman–Crippen LogP) is 3.93. The average molecular weight is 415 g/mol. The van der Waals surface area contributed by atoms with Gasteiger partial charge < -0.3 is 4.57 Å². The first-order valence-electron chi connectivity index (χ1n) is 8.78. The van der Waals surface area contributed by atoms with Crippen molar-refractivity contribution in [3.63, 3.8) is 0 Å². The van der Waals surface area contributed by atoms with Crippen LogP contribution in [0.3, 0.4) is 0 Å². The molecule has 3 rings (SSSR count). The third kappa shape index (κ3) is 4.83. The Balaban J connectivity index is 1.61. The summed E-state index contributed by atoms with van der Waals surface area (Å²) in [6, 6.07) is 14.4. The van der Waals surface area contributed by atoms with E-state index in [2.05, 4.69) is 10.9 Å². The fourth-order valence-electron chi connectivity index (χ4n) is 2.93. The molecule has 150 valence electrons. The quantitative estimate of drug-likeness (QED) is 0.490. The van der Waals surface area contributed by atoms with E-state index < -0.39 is 23.4 Å². The van der Waals surface area contributed by atoms with Crippen molar-refractivity contribution in [3.8, 4) is 5.69 Å². The highest BCUT2D eigenvalue weighted by Gasteiger charge is 2.17. The third-order valence-corrected chi connectivity index (χ3v) is 5.29. The predicted molar refractivity (Wildman–Crippen MR) is 108 cm³/mol. The Hall–Kier alpha value is -3.13. The summed E-state index contributed by atoms with van der Waals surface area (Å²) in [5, 5.41) is 0. The Labute approximate surface area is 171 Å². The van der Waals surface area contributed by atoms with Crippen LogP contribution in [-0.4, -0.2) is 22.1 Å². The van der Waals surface area contributed by atoms with Crippen molar-refractivity contribution >= 4 is 23.6 Å². The van der Waals surface area contributed by atoms with Gasteiger partial charge in [-0.05, 0) is 50.2 Å². The molecule has 8 heteroatoms. The van der Waals surface area contributed by atoms with Gasteiger partial charge in [0.05, 0.1) is 11.3 Å². The number of nitrogens with one attached hydrogen (secondary N) is 2. The Morgan fingerprint density at radius 1 is 1.00 bits per heavy atom. The maximum Gasteiger partial charge on any atom is 0.271 e. The molecule has 0 atom stereocenters. The van der Waals surface area contributed by atoms with Gasteiger partial charge in [-0.15, -0.1) is 11.8 Å². The lowest BCUT2D eigenvalue weighted by atomic mass is 10.2. The lowest BCUT2D eigenvalue weighted by Gasteiger charge is -2.10. The number of amides is 2. The van der Waals surface area contributed by atoms with E-state index >= 15 is 0 Å². The molecule has 2 aromatic carbocycles. The highest BCUT2D eigenvalue weighted by molar-refractivity contribution is 8.00. The Bertz CT molecular complexity index is 1050. The van der Waals surface area contributed by atoms with E-state index in [1.807, 2.05) is 48.7 Å². The molecule has 0 saturated carbocycles. The van der Waals surface area contributed by atoms with Crippen molar-refractivity contribution in [2.45, 2.75) is 18.7 Å². The molecular weight excluding hydrogens is 396 g/mol. The van der Waals surface area contributed by atoms with Crippen LogP contribution >= 0.6 is 11.8 Å². The summed E-state index contributed by atoms with van der Waals surface area (Å²) in [4.78, 5) is 24.5. The molecule has 0 unspecified atom stereocenters. The lowest BCUT2D eigenvalue weighted by molar-refractivity contribution is -0.119. The van der Waals surface area contributed by atoms with Gasteiger partial charge in [0, 0.05) is 22.0 Å². The highest BCUT2D eigenvalue weighted by Crippen LogP contribution is 2.22. The molecule has 0 fully saturated rings. The van der Waals surface area contributed by atoms with E-state index in [0.717, 1.165) is 47.0 Å². The second kappa shape index (κ2) is 8.91. The van der Waals surface area contributed by atoms with Crippen molar-refractivity contribution < 1.29 is 18.4 Å². The second-order valence-corrected chi connectivity index (χ2v) is 7.34. The molecule has 0 spiro atoms. The van der Waals surface area contributed by atoms with Crippen LogP contribution in [0.25, 0.3) is 5.69 Å². The smallest absolute Gasteiger partial charge is 0.271 e. The minimum atomic E-state index is -0.610. The molecule has 5 nitrogen and oxygen atoms in total. The van der Waals surface area contributed by atoms with Gasteiger partial charge in [-0.1, -0.05) is 18.2 Å². The van der Waals surface area contributed by atoms with Gasteiger partial charge in [0.25, 0.3) is 5.91 Å². The number of hydrogen-bond donors (Lipinski definition) is 2. The van der Waals surface area contributed by atoms with Crippen molar-refractivity contribution in [2.75, 3.05) is 5.75 Å². The minimum Gasteiger partial charge on any atom is -0.318 e. The molecule has 2 N–H and O–H groups in total. The molecule has 29 heavy (non-hydrogen) atoms. The molecule has 0 radical (unpaired) electrons. The van der Waals surface area contributed by atoms with Crippen LogP contribution in [0.5, 0.6) is 0 Å². The number of hydrogen-bond acceptors (Lipinski definition) is 3. The molecule has 1 aromatic heterocycles. The molecular formula is C21H19F2N3O2S. The van der Waals surface area contributed by atoms with Gasteiger partial charge >= 0.3 is 0 Å². The highest BCUT2D eigenvalue weighted by atomic mass is 32.2. The second-order valence-electron chi connectivity index (χ2n) is 6.32. The molecule has 0 aliphatic heterocycles. The average Bonchev–Trinajstić information content (AvgIpc) is 3.01. The van der Waals surface area contributed by atoms with Gasteiger partial charge in [-0.25, -0.2) is 8.78 Å². The molecule has 0 aliphatic carbocycles. The zero-order valence-electron chi connectivity index (χ0n) is 15.8. The SMILES string of the molecule is Cc1cc(C(=O)NNC(=O)CSc2cc(F)ccc2F)c(C)n1-c1ccccc1. The Morgan fingerprint density at radius 2 is 1.72 bits per heavy atom. The number of hydrazine groups is 1. The van der Waals surface area contributed by atoms with Crippen LogP contribution in [0, 0.1) is 25.5 Å². The summed E-state index contributed by atoms with van der Waals surface area (Å²) >= 11 is 0.841. The number of carbonyl (C=O) groups excluding carboxylic acids is 2. The Kier molecular flexibility index (Phi) is 6.33. The van der Waals surface area contributed by atoms with Crippen LogP contribution in [0.2, 0.25) is 0 Å². The zero-order valence-corrected chi connectivity index (χ0v) is 16.6. The summed E-state index contributed by atoms with van der Waals surface area (Å²) in [6.45, 7) is 3.71. The standard InChI is InChI=1S/C21H19F2N3O2S/c1-13-10-17(14(2)26(13)16-6-4-3-5-7-16)21(28)25-24-20(27)12-29-19-11-15(22)8-9-18(19)23/h3-11H,12H2,1-2H3,(H,24,27)(H,25,28). The zero-order chi connectivity index (χ0) is 21.0. The summed E-state index contributed by atoms with van der Waals surface area (Å²) in [6.07, 6.45) is 0. The van der Waals surface area contributed by atoms with Crippen molar-refractivity contribution in [3.05, 3.63) is 83.2 Å². The first-order valence-corrected chi connectivity index (χ1v) is 9.77. The lowest BCUT2D eigenvalue weighted by Crippen LogP contribution is -2.42. The summed E-state index contributed by atoms with van der Waals surface area (Å²) < 4.78 is 28.7. The maximum absolute atomic E-state index is 13.6. The molecule has 2 amide bonds. The number of benzene rings is 2. The number of nitrogens with zero attached hydrogens (tertiary/aromatic N) is 1. The van der Waals surface area contributed by atoms with Gasteiger partial charge in [0.15, 0.2) is 0 Å². The van der Waals surface area contributed by atoms with Crippen molar-refractivity contribution in [2.24, 2.45) is 0 Å². The number of aromatic nitrogens is 1. The van der Waals surface area contributed by atoms with E-state index in [0.29, 0.717) is 5.56 Å². The van der Waals surface area contributed by atoms with Crippen LogP contribution in [0.4, 0.5) is 8.78 Å². The number of aryl methyl sites for hydroxylation is 1. The largest absolute Gasteiger partial charge is 0.318 e. The van der Waals surface area contributed by atoms with E-state index in [1.165, 1.54) is 0 Å². The number of halogens is 2. The van der Waals surface area contributed by atoms with Gasteiger partial charge in [-0.3, -0.25) is 20.4 Å². The van der Waals surface area contributed by atoms with E-state index in [9.17, 15) is 18.4 Å². The summed E-state index contributed by atoms with van der Waals surface area (Å²) in [5.74, 6) is -2.37. The van der Waals surface area contributed by atoms with Crippen LogP contribution in [-0.2, 0) is 4.79 Å². The minimum absolute atomic E-state index is 0.0258. The topological polar surface area (TPSA) is 63.1 Å². The normalized spacial score (nSPS) is 10.6. The van der Waals surface area contributed by atoms with Gasteiger partial charge in [-0.2, -0.15) is 0 Å². The van der Waals surface area contributed by atoms with Crippen LogP contribution < -0.4 is 10.9 Å². The molecule has 0 bridgehead atoms. The molecule has 1 heterocycles. The molecule has 0 aliphatic rings. The fraction of sp³-hybridized carbons (Fsp3) is 0.143. The van der Waals surface area contributed by atoms with E-state index in [4.69, 9.17) is 0 Å². The monoisotopic (exact) mass is 415 g/mol. The van der Waals surface area contributed by atoms with Gasteiger partial charge in [0.2, 0.25) is 5.91 Å². The molecule has 3 aromatic rings. The van der Waals surface area contributed by atoms with Crippen LogP contribution in [0.15, 0.2) is 59.5 Å². The fourth-order valence-corrected chi connectivity index (χ4v) is 3.69. The first-order chi connectivity index (χ1) is 13.9. The number of thioether (sulfide) groups is 1. The third-order valence-electron chi connectivity index (χ3n) is 4.26. The van der Waals surface area contributed by atoms with E-state index in [1.54, 1.807) is 6.07 Å². The Morgan fingerprint density at radius 3 is 2.45 bits per heavy atom. The van der Waals surface area contributed by atoms with E-state index in [-0.39, 0.29) is 10.6 Å². The van der Waals surface area contributed by atoms with Crippen molar-refractivity contribution in [1.82, 2.24) is 15.4 Å². The summed E-state index contributed by atoms with van der Waals surface area (Å²) in [5.41, 5.74) is 7.62. The van der Waals surface area contributed by atoms with Crippen LogP contribution in [0.1, 0.15) is 21.7 Å². The maximum atomic E-state index is 13.6. The number of para-hydroxylation sites is 1. The number of carbonyl (C=O) groups is 2. The van der Waals surface area contributed by atoms with Crippen molar-refractivity contribution in [1.29, 1.82) is 0 Å². The first kappa shape index (κ1) is 20.6. The summed E-state index contributed by atoms with van der Waals surface area (Å²) in [7, 11) is 0.